The molecule has 0 radical (unpaired) electrons. The lowest BCUT2D eigenvalue weighted by atomic mass is 9.98. The molecule has 0 heterocycles. The van der Waals surface area contributed by atoms with Gasteiger partial charge < -0.3 is 9.26 Å². The molecule has 1 atom stereocenters. The summed E-state index contributed by atoms with van der Waals surface area (Å²) in [5.74, 6) is -0.338. The fraction of sp³-hybridized carbons (Fsp3) is 0.533. The highest BCUT2D eigenvalue weighted by Crippen LogP contribution is 2.40. The van der Waals surface area contributed by atoms with Gasteiger partial charge in [0.25, 0.3) is 0 Å². The predicted octanol–water partition coefficient (Wildman–Crippen LogP) is 3.36. The summed E-state index contributed by atoms with van der Waals surface area (Å²) in [5, 5.41) is 0.540. The molecule has 1 aromatic carbocycles. The molecule has 1 saturated carbocycles. The number of hydrogen-bond donors (Lipinski definition) is 0. The third-order valence-electron chi connectivity index (χ3n) is 3.73. The number of carbonyl (C=O) groups excluding carboxylic acids is 1. The maximum atomic E-state index is 12.2. The van der Waals surface area contributed by atoms with Gasteiger partial charge in [0.15, 0.2) is 0 Å². The van der Waals surface area contributed by atoms with Crippen molar-refractivity contribution in [2.75, 3.05) is 13.8 Å². The lowest BCUT2D eigenvalue weighted by molar-refractivity contribution is 0.0211. The normalized spacial score (nSPS) is 19.3. The highest BCUT2D eigenvalue weighted by Gasteiger charge is 2.22. The average molecular weight is 296 g/mol. The van der Waals surface area contributed by atoms with Gasteiger partial charge in [0.1, 0.15) is 6.10 Å². The number of benzene rings is 1. The fourth-order valence-corrected chi connectivity index (χ4v) is 3.33. The Morgan fingerprint density at radius 3 is 2.60 bits per heavy atom. The second-order valence-corrected chi connectivity index (χ2v) is 7.82. The molecule has 0 bridgehead atoms. The van der Waals surface area contributed by atoms with Crippen LogP contribution in [0.3, 0.4) is 0 Å². The molecule has 0 aliphatic heterocycles. The first-order chi connectivity index (χ1) is 9.53. The van der Waals surface area contributed by atoms with E-state index in [1.165, 1.54) is 13.5 Å². The number of esters is 1. The third-order valence-corrected chi connectivity index (χ3v) is 5.64. The van der Waals surface area contributed by atoms with Crippen molar-refractivity contribution in [3.05, 3.63) is 29.8 Å². The van der Waals surface area contributed by atoms with E-state index < -0.39 is 7.37 Å². The van der Waals surface area contributed by atoms with Gasteiger partial charge in [-0.2, -0.15) is 0 Å². The average Bonchev–Trinajstić information content (AvgIpc) is 2.48. The minimum atomic E-state index is -2.84. The van der Waals surface area contributed by atoms with Crippen molar-refractivity contribution < 1.29 is 18.6 Å². The van der Waals surface area contributed by atoms with Crippen molar-refractivity contribution in [3.8, 4) is 0 Å². The second-order valence-electron chi connectivity index (χ2n) is 5.24. The van der Waals surface area contributed by atoms with E-state index >= 15 is 0 Å². The molecule has 0 saturated heterocycles. The van der Waals surface area contributed by atoms with Crippen molar-refractivity contribution >= 4 is 18.6 Å². The number of ether oxygens (including phenoxy) is 1. The van der Waals surface area contributed by atoms with Crippen LogP contribution >= 0.6 is 7.37 Å². The molecule has 1 aliphatic rings. The van der Waals surface area contributed by atoms with Gasteiger partial charge in [-0.1, -0.05) is 12.5 Å². The standard InChI is InChI=1S/C15H21O4P/c1-18-20(2,17)14-10-6-7-12(11-14)15(16)19-13-8-4-3-5-9-13/h6-7,10-11,13H,3-5,8-9H2,1-2H3. The van der Waals surface area contributed by atoms with E-state index in [9.17, 15) is 9.36 Å². The van der Waals surface area contributed by atoms with Gasteiger partial charge in [-0.3, -0.25) is 4.57 Å². The molecule has 1 unspecified atom stereocenters. The maximum absolute atomic E-state index is 12.2. The van der Waals surface area contributed by atoms with Crippen LogP contribution in [0.1, 0.15) is 42.5 Å². The summed E-state index contributed by atoms with van der Waals surface area (Å²) in [5.41, 5.74) is 0.437. The van der Waals surface area contributed by atoms with Crippen molar-refractivity contribution in [2.24, 2.45) is 0 Å². The van der Waals surface area contributed by atoms with Crippen LogP contribution in [-0.4, -0.2) is 25.8 Å². The van der Waals surface area contributed by atoms with Crippen molar-refractivity contribution in [3.63, 3.8) is 0 Å². The molecule has 4 nitrogen and oxygen atoms in total. The fourth-order valence-electron chi connectivity index (χ4n) is 2.39. The topological polar surface area (TPSA) is 52.6 Å². The van der Waals surface area contributed by atoms with Crippen LogP contribution in [0.4, 0.5) is 0 Å². The lowest BCUT2D eigenvalue weighted by Gasteiger charge is -2.22. The van der Waals surface area contributed by atoms with E-state index in [1.54, 1.807) is 30.9 Å². The van der Waals surface area contributed by atoms with Gasteiger partial charge in [-0.15, -0.1) is 0 Å². The van der Waals surface area contributed by atoms with Gasteiger partial charge in [0.05, 0.1) is 5.56 Å². The molecule has 1 fully saturated rings. The molecule has 20 heavy (non-hydrogen) atoms. The van der Waals surface area contributed by atoms with Crippen LogP contribution < -0.4 is 5.30 Å². The van der Waals surface area contributed by atoms with Crippen LogP contribution in [0.25, 0.3) is 0 Å². The van der Waals surface area contributed by atoms with E-state index in [1.807, 2.05) is 0 Å². The molecule has 110 valence electrons. The zero-order valence-corrected chi connectivity index (χ0v) is 12.9. The van der Waals surface area contributed by atoms with Crippen LogP contribution in [0.15, 0.2) is 24.3 Å². The minimum Gasteiger partial charge on any atom is -0.459 e. The first-order valence-corrected chi connectivity index (χ1v) is 9.05. The first kappa shape index (κ1) is 15.3. The highest BCUT2D eigenvalue weighted by atomic mass is 31.2. The lowest BCUT2D eigenvalue weighted by Crippen LogP contribution is -2.21. The Kier molecular flexibility index (Phi) is 5.00. The Morgan fingerprint density at radius 1 is 1.25 bits per heavy atom. The summed E-state index contributed by atoms with van der Waals surface area (Å²) in [6, 6.07) is 6.71. The van der Waals surface area contributed by atoms with Gasteiger partial charge in [0, 0.05) is 19.1 Å². The van der Waals surface area contributed by atoms with Crippen molar-refractivity contribution in [1.82, 2.24) is 0 Å². The smallest absolute Gasteiger partial charge is 0.338 e. The molecule has 2 rings (SSSR count). The van der Waals surface area contributed by atoms with Gasteiger partial charge in [-0.25, -0.2) is 4.79 Å². The summed E-state index contributed by atoms with van der Waals surface area (Å²) >= 11 is 0. The van der Waals surface area contributed by atoms with Crippen LogP contribution in [0.5, 0.6) is 0 Å². The number of rotatable bonds is 4. The van der Waals surface area contributed by atoms with Crippen LogP contribution in [0, 0.1) is 0 Å². The summed E-state index contributed by atoms with van der Waals surface area (Å²) in [6.45, 7) is 1.54. The predicted molar refractivity (Wildman–Crippen MR) is 78.9 cm³/mol. The zero-order valence-electron chi connectivity index (χ0n) is 12.0. The summed E-state index contributed by atoms with van der Waals surface area (Å²) in [4.78, 5) is 12.1. The summed E-state index contributed by atoms with van der Waals surface area (Å²) in [7, 11) is -1.43. The molecular formula is C15H21O4P. The Hall–Kier alpha value is -1.12. The van der Waals surface area contributed by atoms with E-state index in [4.69, 9.17) is 9.26 Å². The first-order valence-electron chi connectivity index (χ1n) is 6.98. The minimum absolute atomic E-state index is 0.0239. The Labute approximate surface area is 119 Å². The monoisotopic (exact) mass is 296 g/mol. The second kappa shape index (κ2) is 6.55. The summed E-state index contributed by atoms with van der Waals surface area (Å²) < 4.78 is 22.7. The molecule has 0 aromatic heterocycles. The highest BCUT2D eigenvalue weighted by molar-refractivity contribution is 7.66. The van der Waals surface area contributed by atoms with Crippen molar-refractivity contribution in [2.45, 2.75) is 38.2 Å². The van der Waals surface area contributed by atoms with Gasteiger partial charge >= 0.3 is 5.97 Å². The largest absolute Gasteiger partial charge is 0.459 e. The van der Waals surface area contributed by atoms with E-state index in [2.05, 4.69) is 0 Å². The van der Waals surface area contributed by atoms with Gasteiger partial charge in [0.2, 0.25) is 7.37 Å². The van der Waals surface area contributed by atoms with Crippen LogP contribution in [0.2, 0.25) is 0 Å². The maximum Gasteiger partial charge on any atom is 0.338 e. The van der Waals surface area contributed by atoms with Crippen molar-refractivity contribution in [1.29, 1.82) is 0 Å². The molecule has 1 aromatic rings. The zero-order chi connectivity index (χ0) is 14.6. The molecular weight excluding hydrogens is 275 g/mol. The molecule has 0 amide bonds. The Bertz CT molecular complexity index is 520. The molecule has 1 aliphatic carbocycles. The molecule has 0 N–H and O–H groups in total. The SMILES string of the molecule is COP(C)(=O)c1cccc(C(=O)OC2CCCCC2)c1. The van der Waals surface area contributed by atoms with E-state index in [-0.39, 0.29) is 12.1 Å². The number of carbonyl (C=O) groups is 1. The molecule has 5 heteroatoms. The Balaban J connectivity index is 2.10. The van der Waals surface area contributed by atoms with E-state index in [0.717, 1.165) is 25.7 Å². The van der Waals surface area contributed by atoms with E-state index in [0.29, 0.717) is 10.9 Å². The van der Waals surface area contributed by atoms with Gasteiger partial charge in [-0.05, 0) is 43.9 Å². The number of hydrogen-bond acceptors (Lipinski definition) is 4. The van der Waals surface area contributed by atoms with Crippen LogP contribution in [-0.2, 0) is 13.8 Å². The summed E-state index contributed by atoms with van der Waals surface area (Å²) in [6.07, 6.45) is 5.36. The quantitative estimate of drug-likeness (QED) is 0.631. The molecule has 0 spiro atoms. The Morgan fingerprint density at radius 2 is 1.95 bits per heavy atom. The third kappa shape index (κ3) is 3.71.